The maximum absolute atomic E-state index is 11.9. The lowest BCUT2D eigenvalue weighted by Crippen LogP contribution is -2.38. The van der Waals surface area contributed by atoms with Crippen LogP contribution in [0.2, 0.25) is 0 Å². The van der Waals surface area contributed by atoms with Crippen molar-refractivity contribution in [1.82, 2.24) is 15.1 Å². The molecule has 88 valence electrons. The lowest BCUT2D eigenvalue weighted by Gasteiger charge is -2.17. The molecule has 7 nitrogen and oxygen atoms in total. The molecule has 7 heteroatoms. The highest BCUT2D eigenvalue weighted by molar-refractivity contribution is 5.99. The van der Waals surface area contributed by atoms with Crippen LogP contribution in [0, 0.1) is 6.92 Å². The smallest absolute Gasteiger partial charge is 0.276 e. The van der Waals surface area contributed by atoms with E-state index >= 15 is 0 Å². The van der Waals surface area contributed by atoms with E-state index in [1.54, 1.807) is 13.8 Å². The van der Waals surface area contributed by atoms with Crippen molar-refractivity contribution in [3.05, 3.63) is 11.4 Å². The fourth-order valence-electron chi connectivity index (χ4n) is 1.27. The Bertz CT molecular complexity index is 412. The van der Waals surface area contributed by atoms with Crippen LogP contribution in [0.5, 0.6) is 0 Å². The standard InChI is InChI=1S/C9H15N5O2/c1-3-14(4-6(10)15)9(16)8-7(11)5(2)12-13-8/h3-4,11H2,1-2H3,(H2,10,15)(H,12,13). The second kappa shape index (κ2) is 4.65. The zero-order valence-corrected chi connectivity index (χ0v) is 9.28. The van der Waals surface area contributed by atoms with Gasteiger partial charge in [-0.1, -0.05) is 0 Å². The van der Waals surface area contributed by atoms with Gasteiger partial charge in [-0.2, -0.15) is 5.10 Å². The van der Waals surface area contributed by atoms with Gasteiger partial charge in [0.2, 0.25) is 5.91 Å². The monoisotopic (exact) mass is 225 g/mol. The van der Waals surface area contributed by atoms with Gasteiger partial charge >= 0.3 is 0 Å². The number of nitrogen functional groups attached to an aromatic ring is 1. The number of nitrogens with zero attached hydrogens (tertiary/aromatic N) is 2. The minimum atomic E-state index is -0.568. The Hall–Kier alpha value is -2.05. The number of nitrogens with two attached hydrogens (primary N) is 2. The summed E-state index contributed by atoms with van der Waals surface area (Å²) in [7, 11) is 0. The number of primary amides is 1. The Morgan fingerprint density at radius 3 is 2.50 bits per heavy atom. The Labute approximate surface area is 92.8 Å². The molecule has 1 rings (SSSR count). The Balaban J connectivity index is 2.91. The normalized spacial score (nSPS) is 10.1. The lowest BCUT2D eigenvalue weighted by atomic mass is 10.2. The Kier molecular flexibility index (Phi) is 3.49. The molecule has 0 bridgehead atoms. The summed E-state index contributed by atoms with van der Waals surface area (Å²) in [5, 5.41) is 6.41. The maximum Gasteiger partial charge on any atom is 0.276 e. The first-order chi connectivity index (χ1) is 7.47. The number of aryl methyl sites for hydroxylation is 1. The topological polar surface area (TPSA) is 118 Å². The van der Waals surface area contributed by atoms with Gasteiger partial charge in [-0.25, -0.2) is 0 Å². The fourth-order valence-corrected chi connectivity index (χ4v) is 1.27. The average molecular weight is 225 g/mol. The largest absolute Gasteiger partial charge is 0.395 e. The number of hydrogen-bond acceptors (Lipinski definition) is 4. The molecule has 5 N–H and O–H groups in total. The van der Waals surface area contributed by atoms with Crippen LogP contribution in [0.25, 0.3) is 0 Å². The second-order valence-electron chi connectivity index (χ2n) is 3.40. The number of nitrogens with one attached hydrogen (secondary N) is 1. The third kappa shape index (κ3) is 2.30. The minimum Gasteiger partial charge on any atom is -0.395 e. The Morgan fingerprint density at radius 1 is 1.50 bits per heavy atom. The van der Waals surface area contributed by atoms with Crippen LogP contribution in [0.15, 0.2) is 0 Å². The number of aromatic nitrogens is 2. The van der Waals surface area contributed by atoms with Crippen molar-refractivity contribution in [2.75, 3.05) is 18.8 Å². The number of likely N-dealkylation sites (N-methyl/N-ethyl adjacent to an activating group) is 1. The molecule has 1 aromatic rings. The number of anilines is 1. The summed E-state index contributed by atoms with van der Waals surface area (Å²) < 4.78 is 0. The van der Waals surface area contributed by atoms with Crippen LogP contribution < -0.4 is 11.5 Å². The van der Waals surface area contributed by atoms with Gasteiger partial charge in [0.25, 0.3) is 5.91 Å². The van der Waals surface area contributed by atoms with Crippen molar-refractivity contribution in [3.8, 4) is 0 Å². The summed E-state index contributed by atoms with van der Waals surface area (Å²) >= 11 is 0. The van der Waals surface area contributed by atoms with E-state index in [4.69, 9.17) is 11.5 Å². The van der Waals surface area contributed by atoms with Gasteiger partial charge < -0.3 is 16.4 Å². The van der Waals surface area contributed by atoms with Gasteiger partial charge in [0, 0.05) is 6.54 Å². The average Bonchev–Trinajstić information content (AvgIpc) is 2.55. The third-order valence-electron chi connectivity index (χ3n) is 2.21. The van der Waals surface area contributed by atoms with E-state index in [-0.39, 0.29) is 12.2 Å². The number of amides is 2. The maximum atomic E-state index is 11.9. The van der Waals surface area contributed by atoms with Crippen molar-refractivity contribution in [2.24, 2.45) is 5.73 Å². The molecule has 0 aliphatic heterocycles. The number of rotatable bonds is 4. The molecule has 0 aromatic carbocycles. The van der Waals surface area contributed by atoms with Gasteiger partial charge in [-0.3, -0.25) is 14.7 Å². The van der Waals surface area contributed by atoms with E-state index in [0.717, 1.165) is 0 Å². The molecular weight excluding hydrogens is 210 g/mol. The summed E-state index contributed by atoms with van der Waals surface area (Å²) in [4.78, 5) is 24.0. The van der Waals surface area contributed by atoms with Gasteiger partial charge in [-0.15, -0.1) is 0 Å². The van der Waals surface area contributed by atoms with Crippen molar-refractivity contribution in [2.45, 2.75) is 13.8 Å². The minimum absolute atomic E-state index is 0.126. The van der Waals surface area contributed by atoms with E-state index in [2.05, 4.69) is 10.2 Å². The third-order valence-corrected chi connectivity index (χ3v) is 2.21. The summed E-state index contributed by atoms with van der Waals surface area (Å²) in [6, 6.07) is 0. The summed E-state index contributed by atoms with van der Waals surface area (Å²) in [6.07, 6.45) is 0. The van der Waals surface area contributed by atoms with Crippen molar-refractivity contribution < 1.29 is 9.59 Å². The quantitative estimate of drug-likeness (QED) is 0.624. The van der Waals surface area contributed by atoms with Crippen LogP contribution in [-0.4, -0.2) is 40.0 Å². The highest BCUT2D eigenvalue weighted by Gasteiger charge is 2.21. The predicted octanol–water partition coefficient (Wildman–Crippen LogP) is -0.752. The highest BCUT2D eigenvalue weighted by atomic mass is 16.2. The summed E-state index contributed by atoms with van der Waals surface area (Å²) in [6.45, 7) is 3.69. The van der Waals surface area contributed by atoms with Gasteiger partial charge in [0.15, 0.2) is 5.69 Å². The molecule has 1 aromatic heterocycles. The molecule has 0 aliphatic carbocycles. The number of aromatic amines is 1. The number of carbonyl (C=O) groups is 2. The van der Waals surface area contributed by atoms with Crippen LogP contribution in [0.4, 0.5) is 5.69 Å². The van der Waals surface area contributed by atoms with Crippen molar-refractivity contribution >= 4 is 17.5 Å². The molecule has 0 spiro atoms. The van der Waals surface area contributed by atoms with Crippen LogP contribution in [-0.2, 0) is 4.79 Å². The van der Waals surface area contributed by atoms with Gasteiger partial charge in [0.05, 0.1) is 17.9 Å². The first kappa shape index (κ1) is 12.0. The molecule has 2 amide bonds. The molecule has 0 radical (unpaired) electrons. The molecular formula is C9H15N5O2. The zero-order valence-electron chi connectivity index (χ0n) is 9.28. The van der Waals surface area contributed by atoms with Crippen molar-refractivity contribution in [1.29, 1.82) is 0 Å². The van der Waals surface area contributed by atoms with Crippen LogP contribution >= 0.6 is 0 Å². The number of hydrogen-bond donors (Lipinski definition) is 3. The van der Waals surface area contributed by atoms with E-state index < -0.39 is 11.8 Å². The van der Waals surface area contributed by atoms with E-state index in [9.17, 15) is 9.59 Å². The molecule has 0 unspecified atom stereocenters. The molecule has 0 atom stereocenters. The molecule has 0 fully saturated rings. The molecule has 0 saturated heterocycles. The van der Waals surface area contributed by atoms with Crippen LogP contribution in [0.1, 0.15) is 23.1 Å². The predicted molar refractivity (Wildman–Crippen MR) is 58.5 cm³/mol. The molecule has 1 heterocycles. The zero-order chi connectivity index (χ0) is 12.3. The summed E-state index contributed by atoms with van der Waals surface area (Å²) in [5.74, 6) is -0.968. The first-order valence-corrected chi connectivity index (χ1v) is 4.85. The summed E-state index contributed by atoms with van der Waals surface area (Å²) in [5.41, 5.74) is 11.8. The van der Waals surface area contributed by atoms with E-state index in [0.29, 0.717) is 17.9 Å². The SMILES string of the molecule is CCN(CC(N)=O)C(=O)c1n[nH]c(C)c1N. The first-order valence-electron chi connectivity index (χ1n) is 4.85. The molecule has 0 aliphatic rings. The second-order valence-corrected chi connectivity index (χ2v) is 3.40. The Morgan fingerprint density at radius 2 is 2.12 bits per heavy atom. The number of carbonyl (C=O) groups excluding carboxylic acids is 2. The highest BCUT2D eigenvalue weighted by Crippen LogP contribution is 2.14. The fraction of sp³-hybridized carbons (Fsp3) is 0.444. The molecule has 16 heavy (non-hydrogen) atoms. The van der Waals surface area contributed by atoms with Gasteiger partial charge in [-0.05, 0) is 13.8 Å². The van der Waals surface area contributed by atoms with Gasteiger partial charge in [0.1, 0.15) is 0 Å². The van der Waals surface area contributed by atoms with Crippen LogP contribution in [0.3, 0.4) is 0 Å². The van der Waals surface area contributed by atoms with E-state index in [1.807, 2.05) is 0 Å². The number of H-pyrrole nitrogens is 1. The van der Waals surface area contributed by atoms with Crippen molar-refractivity contribution in [3.63, 3.8) is 0 Å². The van der Waals surface area contributed by atoms with E-state index in [1.165, 1.54) is 4.90 Å². The lowest BCUT2D eigenvalue weighted by molar-refractivity contribution is -0.118. The molecule has 0 saturated carbocycles.